The van der Waals surface area contributed by atoms with E-state index >= 15 is 0 Å². The molecule has 1 unspecified atom stereocenters. The Balaban J connectivity index is 1.51. The van der Waals surface area contributed by atoms with Crippen LogP contribution in [0.3, 0.4) is 0 Å². The van der Waals surface area contributed by atoms with Crippen molar-refractivity contribution in [1.82, 2.24) is 4.90 Å². The fraction of sp³-hybridized carbons (Fsp3) is 0.348. The highest BCUT2D eigenvalue weighted by atomic mass is 35.5. The Hall–Kier alpha value is -2.86. The number of hydrogen-bond donors (Lipinski definition) is 1. The third-order valence-corrected chi connectivity index (χ3v) is 5.91. The fourth-order valence-electron chi connectivity index (χ4n) is 4.12. The number of benzene rings is 2. The normalized spacial score (nSPS) is 19.1. The van der Waals surface area contributed by atoms with E-state index in [-0.39, 0.29) is 23.6 Å². The molecule has 2 aliphatic rings. The number of carbonyl (C=O) groups excluding carboxylic acids is 3. The van der Waals surface area contributed by atoms with Crippen LogP contribution in [-0.2, 0) is 9.59 Å². The maximum atomic E-state index is 13.3. The minimum Gasteiger partial charge on any atom is -0.338 e. The standard InChI is InChI=1S/C23H24ClN3O3/c24-17-10-11-19(20(14-17)27-13-5-9-21(27)28)23(30)26-12-4-6-16(15-26)22(29)25-18-7-2-1-3-8-18/h1-3,7-8,10-11,14,16H,4-6,9,12-13,15H2,(H,25,29). The lowest BCUT2D eigenvalue weighted by Crippen LogP contribution is -2.44. The molecule has 2 heterocycles. The topological polar surface area (TPSA) is 69.7 Å². The van der Waals surface area contributed by atoms with Gasteiger partial charge in [0.25, 0.3) is 5.91 Å². The Labute approximate surface area is 180 Å². The molecule has 2 fully saturated rings. The number of amides is 3. The van der Waals surface area contributed by atoms with Gasteiger partial charge in [-0.05, 0) is 49.6 Å². The SMILES string of the molecule is O=C(Nc1ccccc1)C1CCCN(C(=O)c2ccc(Cl)cc2N2CCCC2=O)C1. The lowest BCUT2D eigenvalue weighted by molar-refractivity contribution is -0.121. The minimum absolute atomic E-state index is 0.00470. The maximum absolute atomic E-state index is 13.3. The summed E-state index contributed by atoms with van der Waals surface area (Å²) in [5.74, 6) is -0.513. The van der Waals surface area contributed by atoms with E-state index in [1.807, 2.05) is 30.3 Å². The molecule has 0 aromatic heterocycles. The van der Waals surface area contributed by atoms with Gasteiger partial charge in [-0.3, -0.25) is 14.4 Å². The van der Waals surface area contributed by atoms with Crippen LogP contribution in [-0.4, -0.2) is 42.3 Å². The van der Waals surface area contributed by atoms with E-state index < -0.39 is 0 Å². The first-order valence-corrected chi connectivity index (χ1v) is 10.7. The van der Waals surface area contributed by atoms with Crippen LogP contribution in [0.1, 0.15) is 36.0 Å². The first kappa shape index (κ1) is 20.4. The molecule has 30 heavy (non-hydrogen) atoms. The summed E-state index contributed by atoms with van der Waals surface area (Å²) in [5.41, 5.74) is 1.77. The van der Waals surface area contributed by atoms with Crippen LogP contribution < -0.4 is 10.2 Å². The Morgan fingerprint density at radius 3 is 2.57 bits per heavy atom. The molecule has 2 aromatic carbocycles. The van der Waals surface area contributed by atoms with Gasteiger partial charge in [0, 0.05) is 36.8 Å². The number of nitrogens with one attached hydrogen (secondary N) is 1. The molecule has 0 spiro atoms. The van der Waals surface area contributed by atoms with Gasteiger partial charge >= 0.3 is 0 Å². The highest BCUT2D eigenvalue weighted by molar-refractivity contribution is 6.31. The van der Waals surface area contributed by atoms with Crippen LogP contribution in [0, 0.1) is 5.92 Å². The smallest absolute Gasteiger partial charge is 0.255 e. The second-order valence-electron chi connectivity index (χ2n) is 7.76. The molecule has 6 nitrogen and oxygen atoms in total. The molecule has 2 saturated heterocycles. The summed E-state index contributed by atoms with van der Waals surface area (Å²) in [6.45, 7) is 1.53. The zero-order valence-electron chi connectivity index (χ0n) is 16.6. The summed E-state index contributed by atoms with van der Waals surface area (Å²) in [4.78, 5) is 41.7. The first-order chi connectivity index (χ1) is 14.5. The van der Waals surface area contributed by atoms with Gasteiger partial charge in [-0.25, -0.2) is 0 Å². The van der Waals surface area contributed by atoms with Gasteiger partial charge < -0.3 is 15.1 Å². The van der Waals surface area contributed by atoms with Crippen LogP contribution in [0.5, 0.6) is 0 Å². The highest BCUT2D eigenvalue weighted by Crippen LogP contribution is 2.31. The van der Waals surface area contributed by atoms with Gasteiger partial charge in [0.2, 0.25) is 11.8 Å². The van der Waals surface area contributed by atoms with Gasteiger partial charge in [-0.1, -0.05) is 29.8 Å². The van der Waals surface area contributed by atoms with E-state index in [0.717, 1.165) is 24.9 Å². The number of rotatable bonds is 4. The van der Waals surface area contributed by atoms with E-state index in [0.29, 0.717) is 42.3 Å². The fourth-order valence-corrected chi connectivity index (χ4v) is 4.29. The second kappa shape index (κ2) is 8.88. The monoisotopic (exact) mass is 425 g/mol. The molecule has 0 saturated carbocycles. The summed E-state index contributed by atoms with van der Waals surface area (Å²) in [5, 5.41) is 3.42. The summed E-state index contributed by atoms with van der Waals surface area (Å²) in [6, 6.07) is 14.4. The Bertz CT molecular complexity index is 963. The summed E-state index contributed by atoms with van der Waals surface area (Å²) < 4.78 is 0. The molecule has 0 bridgehead atoms. The maximum Gasteiger partial charge on any atom is 0.255 e. The summed E-state index contributed by atoms with van der Waals surface area (Å²) in [7, 11) is 0. The average molecular weight is 426 g/mol. The van der Waals surface area contributed by atoms with Crippen molar-refractivity contribution >= 4 is 40.7 Å². The van der Waals surface area contributed by atoms with Crippen LogP contribution >= 0.6 is 11.6 Å². The molecule has 1 N–H and O–H groups in total. The molecule has 3 amide bonds. The predicted molar refractivity (Wildman–Crippen MR) is 117 cm³/mol. The van der Waals surface area contributed by atoms with Gasteiger partial charge in [0.15, 0.2) is 0 Å². The average Bonchev–Trinajstić information content (AvgIpc) is 3.19. The third-order valence-electron chi connectivity index (χ3n) is 5.68. The number of halogens is 1. The molecule has 0 aliphatic carbocycles. The molecule has 156 valence electrons. The molecular formula is C23H24ClN3O3. The number of anilines is 2. The molecule has 2 aliphatic heterocycles. The second-order valence-corrected chi connectivity index (χ2v) is 8.19. The van der Waals surface area contributed by atoms with Gasteiger partial charge in [-0.15, -0.1) is 0 Å². The van der Waals surface area contributed by atoms with E-state index in [1.165, 1.54) is 0 Å². The van der Waals surface area contributed by atoms with Gasteiger partial charge in [0.05, 0.1) is 17.2 Å². The van der Waals surface area contributed by atoms with Crippen molar-refractivity contribution in [2.45, 2.75) is 25.7 Å². The van der Waals surface area contributed by atoms with Crippen molar-refractivity contribution in [1.29, 1.82) is 0 Å². The molecule has 1 atom stereocenters. The van der Waals surface area contributed by atoms with Crippen LogP contribution in [0.25, 0.3) is 0 Å². The lowest BCUT2D eigenvalue weighted by Gasteiger charge is -2.33. The van der Waals surface area contributed by atoms with Crippen LogP contribution in [0.2, 0.25) is 5.02 Å². The molecule has 2 aromatic rings. The van der Waals surface area contributed by atoms with Gasteiger partial charge in [0.1, 0.15) is 0 Å². The van der Waals surface area contributed by atoms with Crippen molar-refractivity contribution in [2.75, 3.05) is 29.9 Å². The summed E-state index contributed by atoms with van der Waals surface area (Å²) in [6.07, 6.45) is 2.74. The number of hydrogen-bond acceptors (Lipinski definition) is 3. The molecule has 7 heteroatoms. The zero-order chi connectivity index (χ0) is 21.1. The number of para-hydroxylation sites is 1. The van der Waals surface area contributed by atoms with Gasteiger partial charge in [-0.2, -0.15) is 0 Å². The van der Waals surface area contributed by atoms with Crippen molar-refractivity contribution in [3.05, 3.63) is 59.1 Å². The van der Waals surface area contributed by atoms with Crippen LogP contribution in [0.4, 0.5) is 11.4 Å². The quantitative estimate of drug-likeness (QED) is 0.806. The van der Waals surface area contributed by atoms with E-state index in [9.17, 15) is 14.4 Å². The third kappa shape index (κ3) is 4.33. The predicted octanol–water partition coefficient (Wildman–Crippen LogP) is 3.96. The van der Waals surface area contributed by atoms with E-state index in [2.05, 4.69) is 5.32 Å². The Morgan fingerprint density at radius 2 is 1.83 bits per heavy atom. The number of carbonyl (C=O) groups is 3. The first-order valence-electron chi connectivity index (χ1n) is 10.3. The van der Waals surface area contributed by atoms with Crippen molar-refractivity contribution in [3.63, 3.8) is 0 Å². The largest absolute Gasteiger partial charge is 0.338 e. The lowest BCUT2D eigenvalue weighted by atomic mass is 9.96. The van der Waals surface area contributed by atoms with E-state index in [1.54, 1.807) is 28.0 Å². The highest BCUT2D eigenvalue weighted by Gasteiger charge is 2.32. The number of likely N-dealkylation sites (tertiary alicyclic amines) is 1. The zero-order valence-corrected chi connectivity index (χ0v) is 17.4. The summed E-state index contributed by atoms with van der Waals surface area (Å²) >= 11 is 6.16. The van der Waals surface area contributed by atoms with Crippen molar-refractivity contribution < 1.29 is 14.4 Å². The number of piperidine rings is 1. The van der Waals surface area contributed by atoms with Crippen molar-refractivity contribution in [3.8, 4) is 0 Å². The van der Waals surface area contributed by atoms with Crippen molar-refractivity contribution in [2.24, 2.45) is 5.92 Å². The molecular weight excluding hydrogens is 402 g/mol. The Morgan fingerprint density at radius 1 is 1.03 bits per heavy atom. The minimum atomic E-state index is -0.271. The molecule has 0 radical (unpaired) electrons. The van der Waals surface area contributed by atoms with Crippen LogP contribution in [0.15, 0.2) is 48.5 Å². The number of nitrogens with zero attached hydrogens (tertiary/aromatic N) is 2. The molecule has 4 rings (SSSR count). The Kier molecular flexibility index (Phi) is 6.04. The van der Waals surface area contributed by atoms with E-state index in [4.69, 9.17) is 11.6 Å².